The molecule has 0 unspecified atom stereocenters. The highest BCUT2D eigenvalue weighted by Crippen LogP contribution is 2.24. The molecule has 1 aliphatic rings. The van der Waals surface area contributed by atoms with Crippen molar-refractivity contribution in [2.75, 3.05) is 13.7 Å². The molecule has 0 saturated heterocycles. The lowest BCUT2D eigenvalue weighted by atomic mass is 10.2. The molecule has 0 spiro atoms. The van der Waals surface area contributed by atoms with Crippen LogP contribution in [-0.4, -0.2) is 13.7 Å². The van der Waals surface area contributed by atoms with Gasteiger partial charge in [0.25, 0.3) is 0 Å². The Hall–Kier alpha value is -1.34. The summed E-state index contributed by atoms with van der Waals surface area (Å²) in [7, 11) is 1.74. The van der Waals surface area contributed by atoms with Crippen molar-refractivity contribution >= 4 is 0 Å². The largest absolute Gasteiger partial charge is 0.380 e. The maximum absolute atomic E-state index is 5.03. The van der Waals surface area contributed by atoms with E-state index >= 15 is 0 Å². The standard InChI is InChI=1S/C9H14O.C7H8/c1-7-4-9(6-10-3)5-8(7)2;1-7-5-3-2-4-6-7/h4H,5-6H2,1-3H3;2-6H,1H3. The van der Waals surface area contributed by atoms with Gasteiger partial charge in [0, 0.05) is 7.11 Å². The SMILES string of the molecule is COCC1=CC(C)=C(C)C1.Cc1ccccc1. The second-order valence-electron chi connectivity index (χ2n) is 4.53. The third-order valence-corrected chi connectivity index (χ3v) is 2.86. The van der Waals surface area contributed by atoms with Crippen LogP contribution in [0.1, 0.15) is 25.8 Å². The summed E-state index contributed by atoms with van der Waals surface area (Å²) < 4.78 is 5.03. The fraction of sp³-hybridized carbons (Fsp3) is 0.375. The number of benzene rings is 1. The average Bonchev–Trinajstić information content (AvgIpc) is 2.60. The van der Waals surface area contributed by atoms with Crippen LogP contribution in [0, 0.1) is 6.92 Å². The van der Waals surface area contributed by atoms with Crippen molar-refractivity contribution < 1.29 is 4.74 Å². The molecule has 0 fully saturated rings. The van der Waals surface area contributed by atoms with E-state index in [-0.39, 0.29) is 0 Å². The molecule has 0 heterocycles. The average molecular weight is 230 g/mol. The predicted molar refractivity (Wildman–Crippen MR) is 74.1 cm³/mol. The third kappa shape index (κ3) is 5.01. The molecule has 17 heavy (non-hydrogen) atoms. The first-order valence-electron chi connectivity index (χ1n) is 6.00. The van der Waals surface area contributed by atoms with E-state index in [1.54, 1.807) is 7.11 Å². The van der Waals surface area contributed by atoms with E-state index < -0.39 is 0 Å². The van der Waals surface area contributed by atoms with E-state index in [4.69, 9.17) is 4.74 Å². The Kier molecular flexibility index (Phi) is 5.71. The Labute approximate surface area is 105 Å². The normalized spacial score (nSPS) is 14.2. The highest BCUT2D eigenvalue weighted by atomic mass is 16.5. The predicted octanol–water partition coefficient (Wildman–Crippen LogP) is 4.29. The molecule has 1 nitrogen and oxygen atoms in total. The molecule has 1 aromatic rings. The maximum atomic E-state index is 5.03. The zero-order valence-corrected chi connectivity index (χ0v) is 11.3. The van der Waals surface area contributed by atoms with E-state index in [9.17, 15) is 0 Å². The lowest BCUT2D eigenvalue weighted by molar-refractivity contribution is 0.224. The highest BCUT2D eigenvalue weighted by molar-refractivity contribution is 5.36. The molecule has 0 amide bonds. The van der Waals surface area contributed by atoms with Gasteiger partial charge >= 0.3 is 0 Å². The first kappa shape index (κ1) is 13.7. The lowest BCUT2D eigenvalue weighted by Crippen LogP contribution is -1.90. The molecule has 2 rings (SSSR count). The summed E-state index contributed by atoms with van der Waals surface area (Å²) in [4.78, 5) is 0. The van der Waals surface area contributed by atoms with Crippen molar-refractivity contribution in [3.8, 4) is 0 Å². The van der Waals surface area contributed by atoms with Gasteiger partial charge in [-0.25, -0.2) is 0 Å². The summed E-state index contributed by atoms with van der Waals surface area (Å²) in [6.45, 7) is 7.20. The Morgan fingerprint density at radius 3 is 2.06 bits per heavy atom. The Morgan fingerprint density at radius 2 is 1.71 bits per heavy atom. The Morgan fingerprint density at radius 1 is 1.06 bits per heavy atom. The van der Waals surface area contributed by atoms with E-state index in [1.165, 1.54) is 22.3 Å². The van der Waals surface area contributed by atoms with Crippen LogP contribution in [0.25, 0.3) is 0 Å². The minimum atomic E-state index is 0.786. The second kappa shape index (κ2) is 7.08. The third-order valence-electron chi connectivity index (χ3n) is 2.86. The topological polar surface area (TPSA) is 9.23 Å². The number of methoxy groups -OCH3 is 1. The number of allylic oxidation sites excluding steroid dienone is 3. The minimum Gasteiger partial charge on any atom is -0.380 e. The molecule has 0 bridgehead atoms. The quantitative estimate of drug-likeness (QED) is 0.736. The first-order valence-corrected chi connectivity index (χ1v) is 6.00. The molecule has 0 radical (unpaired) electrons. The van der Waals surface area contributed by atoms with Crippen LogP contribution in [0.2, 0.25) is 0 Å². The van der Waals surface area contributed by atoms with Crippen molar-refractivity contribution in [2.24, 2.45) is 0 Å². The van der Waals surface area contributed by atoms with E-state index in [0.717, 1.165) is 13.0 Å². The van der Waals surface area contributed by atoms with Crippen molar-refractivity contribution in [3.05, 3.63) is 58.7 Å². The molecular formula is C16H22O. The molecular weight excluding hydrogens is 208 g/mol. The van der Waals surface area contributed by atoms with Crippen LogP contribution < -0.4 is 0 Å². The zero-order chi connectivity index (χ0) is 12.7. The molecule has 0 N–H and O–H groups in total. The minimum absolute atomic E-state index is 0.786. The summed E-state index contributed by atoms with van der Waals surface area (Å²) in [6.07, 6.45) is 3.33. The molecule has 92 valence electrons. The monoisotopic (exact) mass is 230 g/mol. The van der Waals surface area contributed by atoms with Gasteiger partial charge in [-0.3, -0.25) is 0 Å². The number of rotatable bonds is 2. The van der Waals surface area contributed by atoms with Gasteiger partial charge in [0.05, 0.1) is 6.61 Å². The summed E-state index contributed by atoms with van der Waals surface area (Å²) in [5.74, 6) is 0. The van der Waals surface area contributed by atoms with Gasteiger partial charge in [-0.2, -0.15) is 0 Å². The maximum Gasteiger partial charge on any atom is 0.0679 e. The molecule has 0 atom stereocenters. The smallest absolute Gasteiger partial charge is 0.0679 e. The van der Waals surface area contributed by atoms with Gasteiger partial charge in [0.15, 0.2) is 0 Å². The van der Waals surface area contributed by atoms with Crippen LogP contribution in [0.5, 0.6) is 0 Å². The summed E-state index contributed by atoms with van der Waals surface area (Å²) in [6, 6.07) is 10.3. The number of hydrogen-bond acceptors (Lipinski definition) is 1. The summed E-state index contributed by atoms with van der Waals surface area (Å²) in [5, 5.41) is 0. The van der Waals surface area contributed by atoms with Crippen LogP contribution in [0.3, 0.4) is 0 Å². The van der Waals surface area contributed by atoms with E-state index in [1.807, 2.05) is 18.2 Å². The number of ether oxygens (including phenoxy) is 1. The lowest BCUT2D eigenvalue weighted by Gasteiger charge is -1.98. The number of hydrogen-bond donors (Lipinski definition) is 0. The molecule has 1 aliphatic carbocycles. The van der Waals surface area contributed by atoms with Crippen molar-refractivity contribution in [1.82, 2.24) is 0 Å². The fourth-order valence-electron chi connectivity index (χ4n) is 1.77. The molecule has 0 saturated carbocycles. The second-order valence-corrected chi connectivity index (χ2v) is 4.53. The van der Waals surface area contributed by atoms with Crippen molar-refractivity contribution in [1.29, 1.82) is 0 Å². The van der Waals surface area contributed by atoms with Crippen LogP contribution in [0.4, 0.5) is 0 Å². The highest BCUT2D eigenvalue weighted by Gasteiger charge is 2.07. The molecule has 0 aliphatic heterocycles. The van der Waals surface area contributed by atoms with Gasteiger partial charge in [-0.05, 0) is 32.8 Å². The van der Waals surface area contributed by atoms with Gasteiger partial charge < -0.3 is 4.74 Å². The van der Waals surface area contributed by atoms with Crippen molar-refractivity contribution in [2.45, 2.75) is 27.2 Å². The van der Waals surface area contributed by atoms with E-state index in [2.05, 4.69) is 39.0 Å². The van der Waals surface area contributed by atoms with Gasteiger partial charge in [0.2, 0.25) is 0 Å². The van der Waals surface area contributed by atoms with Gasteiger partial charge in [-0.15, -0.1) is 0 Å². The Balaban J connectivity index is 0.000000181. The van der Waals surface area contributed by atoms with Crippen molar-refractivity contribution in [3.63, 3.8) is 0 Å². The molecule has 0 aromatic heterocycles. The first-order chi connectivity index (χ1) is 8.13. The van der Waals surface area contributed by atoms with Crippen LogP contribution in [-0.2, 0) is 4.74 Å². The Bertz CT molecular complexity index is 399. The van der Waals surface area contributed by atoms with E-state index in [0.29, 0.717) is 0 Å². The van der Waals surface area contributed by atoms with Gasteiger partial charge in [-0.1, -0.05) is 53.1 Å². The molecule has 1 aromatic carbocycles. The number of aryl methyl sites for hydroxylation is 1. The molecule has 1 heteroatoms. The summed E-state index contributed by atoms with van der Waals surface area (Å²) >= 11 is 0. The zero-order valence-electron chi connectivity index (χ0n) is 11.3. The van der Waals surface area contributed by atoms with Crippen LogP contribution >= 0.6 is 0 Å². The summed E-state index contributed by atoms with van der Waals surface area (Å²) in [5.41, 5.74) is 5.61. The van der Waals surface area contributed by atoms with Gasteiger partial charge in [0.1, 0.15) is 0 Å². The fourth-order valence-corrected chi connectivity index (χ4v) is 1.77. The van der Waals surface area contributed by atoms with Crippen LogP contribution in [0.15, 0.2) is 53.1 Å².